The highest BCUT2D eigenvalue weighted by molar-refractivity contribution is 5.96. The highest BCUT2D eigenvalue weighted by Gasteiger charge is 2.27. The fourth-order valence-electron chi connectivity index (χ4n) is 3.70. The van der Waals surface area contributed by atoms with Gasteiger partial charge in [-0.05, 0) is 19.1 Å². The molecule has 0 aliphatic carbocycles. The molecule has 0 aromatic carbocycles. The van der Waals surface area contributed by atoms with Crippen LogP contribution in [-0.4, -0.2) is 46.7 Å². The number of nitrogens with zero attached hydrogens (tertiary/aromatic N) is 3. The third-order valence-corrected chi connectivity index (χ3v) is 5.26. The van der Waals surface area contributed by atoms with Gasteiger partial charge in [0.1, 0.15) is 29.2 Å². The molecule has 166 valence electrons. The number of piperidine rings is 1. The number of aryl methyl sites for hydroxylation is 1. The predicted octanol–water partition coefficient (Wildman–Crippen LogP) is 2.19. The molecule has 0 radical (unpaired) electrons. The Kier molecular flexibility index (Phi) is 6.07. The first kappa shape index (κ1) is 21.4. The van der Waals surface area contributed by atoms with E-state index in [4.69, 9.17) is 13.9 Å². The average molecular weight is 437 g/mol. The predicted molar refractivity (Wildman–Crippen MR) is 116 cm³/mol. The van der Waals surface area contributed by atoms with Crippen LogP contribution in [0.15, 0.2) is 62.8 Å². The van der Waals surface area contributed by atoms with Crippen LogP contribution in [-0.2, 0) is 0 Å². The Morgan fingerprint density at radius 2 is 1.94 bits per heavy atom. The van der Waals surface area contributed by atoms with Crippen molar-refractivity contribution in [1.29, 1.82) is 0 Å². The number of hydrogen-bond donors (Lipinski definition) is 0. The van der Waals surface area contributed by atoms with Crippen LogP contribution in [0.5, 0.6) is 11.5 Å². The molecule has 4 rings (SSSR count). The first-order valence-electron chi connectivity index (χ1n) is 10.2. The van der Waals surface area contributed by atoms with Crippen molar-refractivity contribution in [2.75, 3.05) is 20.2 Å². The van der Waals surface area contributed by atoms with Crippen LogP contribution in [0.4, 0.5) is 0 Å². The molecule has 32 heavy (non-hydrogen) atoms. The summed E-state index contributed by atoms with van der Waals surface area (Å²) in [7, 11) is 1.43. The van der Waals surface area contributed by atoms with E-state index < -0.39 is 5.63 Å². The molecule has 0 N–H and O–H groups in total. The first-order chi connectivity index (χ1) is 15.4. The zero-order chi connectivity index (χ0) is 22.7. The molecule has 3 aromatic rings. The number of ether oxygens (including phenoxy) is 2. The first-order valence-corrected chi connectivity index (χ1v) is 10.2. The SMILES string of the molecule is COc1cc(=O)n(-c2ccccn2)cc1C(=O)N1CCC(Oc2cc(C)oc(=O)c2)CC1. The molecule has 4 heterocycles. The summed E-state index contributed by atoms with van der Waals surface area (Å²) in [5.41, 5.74) is -0.511. The van der Waals surface area contributed by atoms with E-state index in [1.807, 2.05) is 0 Å². The molecule has 1 aliphatic heterocycles. The van der Waals surface area contributed by atoms with E-state index in [1.54, 1.807) is 42.3 Å². The number of carbonyl (C=O) groups excluding carboxylic acids is 1. The van der Waals surface area contributed by atoms with E-state index in [-0.39, 0.29) is 28.9 Å². The van der Waals surface area contributed by atoms with Gasteiger partial charge in [-0.1, -0.05) is 6.07 Å². The van der Waals surface area contributed by atoms with E-state index in [0.717, 1.165) is 0 Å². The van der Waals surface area contributed by atoms with Crippen molar-refractivity contribution in [3.05, 3.63) is 80.9 Å². The number of pyridine rings is 2. The van der Waals surface area contributed by atoms with Gasteiger partial charge >= 0.3 is 5.63 Å². The van der Waals surface area contributed by atoms with Crippen LogP contribution < -0.4 is 20.7 Å². The number of amides is 1. The van der Waals surface area contributed by atoms with E-state index >= 15 is 0 Å². The van der Waals surface area contributed by atoms with Crippen LogP contribution in [0, 0.1) is 6.92 Å². The Morgan fingerprint density at radius 3 is 2.59 bits per heavy atom. The molecule has 0 bridgehead atoms. The molecule has 3 aromatic heterocycles. The van der Waals surface area contributed by atoms with Crippen LogP contribution >= 0.6 is 0 Å². The minimum absolute atomic E-state index is 0.121. The van der Waals surface area contributed by atoms with Crippen molar-refractivity contribution in [2.45, 2.75) is 25.9 Å². The number of methoxy groups -OCH3 is 1. The van der Waals surface area contributed by atoms with Gasteiger partial charge in [0.05, 0.1) is 18.7 Å². The van der Waals surface area contributed by atoms with E-state index in [9.17, 15) is 14.4 Å². The van der Waals surface area contributed by atoms with E-state index in [0.29, 0.717) is 43.3 Å². The van der Waals surface area contributed by atoms with E-state index in [1.165, 1.54) is 30.0 Å². The number of rotatable bonds is 5. The summed E-state index contributed by atoms with van der Waals surface area (Å²) in [5, 5.41) is 0. The number of likely N-dealkylation sites (tertiary alicyclic amines) is 1. The summed E-state index contributed by atoms with van der Waals surface area (Å²) < 4.78 is 17.5. The Balaban J connectivity index is 1.50. The monoisotopic (exact) mass is 437 g/mol. The van der Waals surface area contributed by atoms with Gasteiger partial charge in [-0.3, -0.25) is 14.2 Å². The lowest BCUT2D eigenvalue weighted by Crippen LogP contribution is -2.42. The third kappa shape index (κ3) is 4.56. The second-order valence-corrected chi connectivity index (χ2v) is 7.48. The van der Waals surface area contributed by atoms with Crippen LogP contribution in [0.3, 0.4) is 0 Å². The van der Waals surface area contributed by atoms with E-state index in [2.05, 4.69) is 4.98 Å². The second kappa shape index (κ2) is 9.09. The Hall–Kier alpha value is -3.88. The highest BCUT2D eigenvalue weighted by Crippen LogP contribution is 2.23. The number of carbonyl (C=O) groups is 1. The van der Waals surface area contributed by atoms with Gasteiger partial charge < -0.3 is 18.8 Å². The lowest BCUT2D eigenvalue weighted by Gasteiger charge is -2.32. The Morgan fingerprint density at radius 1 is 1.16 bits per heavy atom. The molecule has 0 unspecified atom stereocenters. The smallest absolute Gasteiger partial charge is 0.339 e. The summed E-state index contributed by atoms with van der Waals surface area (Å²) in [4.78, 5) is 43.2. The van der Waals surface area contributed by atoms with Gasteiger partial charge in [-0.15, -0.1) is 0 Å². The highest BCUT2D eigenvalue weighted by atomic mass is 16.5. The molecule has 1 saturated heterocycles. The largest absolute Gasteiger partial charge is 0.496 e. The normalized spacial score (nSPS) is 14.2. The van der Waals surface area contributed by atoms with Crippen molar-refractivity contribution < 1.29 is 18.7 Å². The zero-order valence-electron chi connectivity index (χ0n) is 17.8. The number of hydrogen-bond acceptors (Lipinski definition) is 7. The third-order valence-electron chi connectivity index (χ3n) is 5.26. The summed E-state index contributed by atoms with van der Waals surface area (Å²) in [6.45, 7) is 2.62. The lowest BCUT2D eigenvalue weighted by atomic mass is 10.1. The van der Waals surface area contributed by atoms with Gasteiger partial charge in [0, 0.05) is 50.5 Å². The van der Waals surface area contributed by atoms with Gasteiger partial charge in [-0.25, -0.2) is 9.78 Å². The maximum atomic E-state index is 13.2. The van der Waals surface area contributed by atoms with Gasteiger partial charge in [0.15, 0.2) is 0 Å². The minimum atomic E-state index is -0.456. The fraction of sp³-hybridized carbons (Fsp3) is 0.304. The average Bonchev–Trinajstić information content (AvgIpc) is 2.79. The summed E-state index contributed by atoms with van der Waals surface area (Å²) in [6, 6.07) is 9.49. The van der Waals surface area contributed by atoms with Crippen molar-refractivity contribution in [3.63, 3.8) is 0 Å². The zero-order valence-corrected chi connectivity index (χ0v) is 17.8. The molecule has 0 saturated carbocycles. The quantitative estimate of drug-likeness (QED) is 0.603. The molecule has 9 heteroatoms. The standard InChI is InChI=1S/C23H23N3O6/c1-15-11-17(12-22(28)31-15)32-16-6-9-25(10-7-16)23(29)18-14-26(20-5-3-4-8-24-20)21(27)13-19(18)30-2/h3-5,8,11-14,16H,6-7,9-10H2,1-2H3. The lowest BCUT2D eigenvalue weighted by molar-refractivity contribution is 0.0591. The molecule has 0 spiro atoms. The Labute approximate surface area is 183 Å². The molecular formula is C23H23N3O6. The van der Waals surface area contributed by atoms with Crippen molar-refractivity contribution in [3.8, 4) is 17.3 Å². The molecule has 9 nitrogen and oxygen atoms in total. The maximum Gasteiger partial charge on any atom is 0.339 e. The van der Waals surface area contributed by atoms with Crippen molar-refractivity contribution in [1.82, 2.24) is 14.5 Å². The van der Waals surface area contributed by atoms with Gasteiger partial charge in [-0.2, -0.15) is 0 Å². The topological polar surface area (TPSA) is 104 Å². The van der Waals surface area contributed by atoms with Gasteiger partial charge in [0.25, 0.3) is 11.5 Å². The minimum Gasteiger partial charge on any atom is -0.496 e. The van der Waals surface area contributed by atoms with Crippen LogP contribution in [0.1, 0.15) is 29.0 Å². The molecular weight excluding hydrogens is 414 g/mol. The van der Waals surface area contributed by atoms with Gasteiger partial charge in [0.2, 0.25) is 0 Å². The van der Waals surface area contributed by atoms with Crippen LogP contribution in [0.25, 0.3) is 5.82 Å². The molecule has 0 atom stereocenters. The summed E-state index contributed by atoms with van der Waals surface area (Å²) in [5.74, 6) is 1.35. The molecule has 1 aliphatic rings. The summed E-state index contributed by atoms with van der Waals surface area (Å²) >= 11 is 0. The van der Waals surface area contributed by atoms with Crippen molar-refractivity contribution >= 4 is 5.91 Å². The van der Waals surface area contributed by atoms with Crippen molar-refractivity contribution in [2.24, 2.45) is 0 Å². The maximum absolute atomic E-state index is 13.2. The molecule has 1 fully saturated rings. The fourth-order valence-corrected chi connectivity index (χ4v) is 3.70. The second-order valence-electron chi connectivity index (χ2n) is 7.48. The molecule has 1 amide bonds. The summed E-state index contributed by atoms with van der Waals surface area (Å²) in [6.07, 6.45) is 4.14. The Bertz CT molecular complexity index is 1230. The number of aromatic nitrogens is 2. The van der Waals surface area contributed by atoms with Crippen LogP contribution in [0.2, 0.25) is 0 Å².